The Morgan fingerprint density at radius 2 is 2.10 bits per heavy atom. The number of aromatic nitrogens is 2. The average Bonchev–Trinajstić information content (AvgIpc) is 2.73. The van der Waals surface area contributed by atoms with Crippen molar-refractivity contribution in [3.05, 3.63) is 33.8 Å². The van der Waals surface area contributed by atoms with Crippen LogP contribution in [0.5, 0.6) is 5.75 Å². The van der Waals surface area contributed by atoms with Crippen molar-refractivity contribution in [2.24, 2.45) is 0 Å². The fraction of sp³-hybridized carbons (Fsp3) is 0.333. The molecule has 0 amide bonds. The molecule has 2 heterocycles. The van der Waals surface area contributed by atoms with Crippen LogP contribution in [-0.2, 0) is 6.54 Å². The summed E-state index contributed by atoms with van der Waals surface area (Å²) in [4.78, 5) is 12.3. The molecule has 1 N–H and O–H groups in total. The summed E-state index contributed by atoms with van der Waals surface area (Å²) >= 11 is 0. The maximum Gasteiger partial charge on any atom is 0.362 e. The first-order valence-electron chi connectivity index (χ1n) is 6.67. The number of fused-ring (bicyclic) bond motifs is 3. The van der Waals surface area contributed by atoms with Gasteiger partial charge in [0, 0.05) is 22.9 Å². The molecule has 20 heavy (non-hydrogen) atoms. The molecule has 0 unspecified atom stereocenters. The average molecular weight is 272 g/mol. The molecule has 104 valence electrons. The third-order valence-corrected chi connectivity index (χ3v) is 3.60. The van der Waals surface area contributed by atoms with Crippen LogP contribution in [0.3, 0.4) is 0 Å². The molecule has 5 nitrogen and oxygen atoms in total. The molecule has 0 aliphatic rings. The molecule has 0 aliphatic carbocycles. The zero-order valence-electron chi connectivity index (χ0n) is 11.7. The van der Waals surface area contributed by atoms with Gasteiger partial charge in [-0.3, -0.25) is 4.68 Å². The minimum atomic E-state index is -0.407. The quantitative estimate of drug-likeness (QED) is 0.728. The summed E-state index contributed by atoms with van der Waals surface area (Å²) in [5.41, 5.74) is 1.90. The molecule has 0 saturated carbocycles. The maximum absolute atomic E-state index is 12.3. The smallest absolute Gasteiger partial charge is 0.362 e. The van der Waals surface area contributed by atoms with Crippen molar-refractivity contribution in [1.29, 1.82) is 0 Å². The SMILES string of the molecule is CCCn1nc(C)c2c3ccc(O)c(C)c3oc(=O)c21. The van der Waals surface area contributed by atoms with Crippen LogP contribution in [0, 0.1) is 13.8 Å². The van der Waals surface area contributed by atoms with Gasteiger partial charge in [-0.1, -0.05) is 6.92 Å². The van der Waals surface area contributed by atoms with Gasteiger partial charge in [-0.25, -0.2) is 4.79 Å². The summed E-state index contributed by atoms with van der Waals surface area (Å²) in [6.07, 6.45) is 0.891. The fourth-order valence-corrected chi connectivity index (χ4v) is 2.64. The van der Waals surface area contributed by atoms with Crippen LogP contribution < -0.4 is 5.63 Å². The van der Waals surface area contributed by atoms with Gasteiger partial charge >= 0.3 is 5.63 Å². The first-order chi connectivity index (χ1) is 9.54. The molecule has 0 saturated heterocycles. The number of hydrogen-bond acceptors (Lipinski definition) is 4. The van der Waals surface area contributed by atoms with E-state index < -0.39 is 5.63 Å². The molecule has 1 aromatic carbocycles. The zero-order chi connectivity index (χ0) is 14.4. The molecule has 0 fully saturated rings. The summed E-state index contributed by atoms with van der Waals surface area (Å²) < 4.78 is 7.12. The van der Waals surface area contributed by atoms with Crippen LogP contribution in [0.2, 0.25) is 0 Å². The molecule has 0 radical (unpaired) electrons. The Bertz CT molecular complexity index is 874. The van der Waals surface area contributed by atoms with Gasteiger partial charge in [0.1, 0.15) is 11.3 Å². The van der Waals surface area contributed by atoms with E-state index in [4.69, 9.17) is 4.42 Å². The third kappa shape index (κ3) is 1.62. The standard InChI is InChI=1S/C15H16N2O3/c1-4-7-17-13-12(9(3)16-17)10-5-6-11(18)8(2)14(10)20-15(13)19/h5-6,18H,4,7H2,1-3H3. The van der Waals surface area contributed by atoms with Gasteiger partial charge in [0.05, 0.1) is 5.69 Å². The Kier molecular flexibility index (Phi) is 2.78. The summed E-state index contributed by atoms with van der Waals surface area (Å²) in [6, 6.07) is 3.39. The Balaban J connectivity index is 2.55. The highest BCUT2D eigenvalue weighted by Gasteiger charge is 2.18. The number of nitrogens with zero attached hydrogens (tertiary/aromatic N) is 2. The Morgan fingerprint density at radius 1 is 1.35 bits per heavy atom. The second kappa shape index (κ2) is 4.37. The molecule has 3 aromatic rings. The normalized spacial score (nSPS) is 11.6. The lowest BCUT2D eigenvalue weighted by Crippen LogP contribution is -2.08. The molecular weight excluding hydrogens is 256 g/mol. The first-order valence-corrected chi connectivity index (χ1v) is 6.67. The van der Waals surface area contributed by atoms with Gasteiger partial charge < -0.3 is 9.52 Å². The number of phenols is 1. The Hall–Kier alpha value is -2.30. The van der Waals surface area contributed by atoms with Crippen molar-refractivity contribution in [2.45, 2.75) is 33.7 Å². The zero-order valence-corrected chi connectivity index (χ0v) is 11.7. The molecular formula is C15H16N2O3. The van der Waals surface area contributed by atoms with Gasteiger partial charge in [0.2, 0.25) is 0 Å². The van der Waals surface area contributed by atoms with Crippen molar-refractivity contribution >= 4 is 21.9 Å². The molecule has 0 bridgehead atoms. The number of aryl methyl sites for hydroxylation is 3. The van der Waals surface area contributed by atoms with Crippen molar-refractivity contribution in [3.8, 4) is 5.75 Å². The first kappa shape index (κ1) is 12.7. The van der Waals surface area contributed by atoms with Crippen molar-refractivity contribution in [1.82, 2.24) is 9.78 Å². The second-order valence-corrected chi connectivity index (χ2v) is 5.01. The summed E-state index contributed by atoms with van der Waals surface area (Å²) in [6.45, 7) is 6.33. The van der Waals surface area contributed by atoms with Crippen LogP contribution in [0.25, 0.3) is 21.9 Å². The maximum atomic E-state index is 12.3. The lowest BCUT2D eigenvalue weighted by molar-refractivity contribution is 0.468. The summed E-state index contributed by atoms with van der Waals surface area (Å²) in [5.74, 6) is 0.124. The lowest BCUT2D eigenvalue weighted by Gasteiger charge is -2.05. The van der Waals surface area contributed by atoms with Gasteiger partial charge in [0.25, 0.3) is 0 Å². The Labute approximate surface area is 115 Å². The van der Waals surface area contributed by atoms with Crippen LogP contribution in [0.4, 0.5) is 0 Å². The van der Waals surface area contributed by atoms with Crippen LogP contribution >= 0.6 is 0 Å². The monoisotopic (exact) mass is 272 g/mol. The van der Waals surface area contributed by atoms with Crippen molar-refractivity contribution in [3.63, 3.8) is 0 Å². The van der Waals surface area contributed by atoms with E-state index in [1.165, 1.54) is 0 Å². The molecule has 2 aromatic heterocycles. The molecule has 0 spiro atoms. The summed E-state index contributed by atoms with van der Waals surface area (Å²) in [7, 11) is 0. The summed E-state index contributed by atoms with van der Waals surface area (Å²) in [5, 5.41) is 15.8. The number of phenolic OH excluding ortho intramolecular Hbond substituents is 1. The van der Waals surface area contributed by atoms with E-state index in [0.29, 0.717) is 23.2 Å². The number of hydrogen-bond donors (Lipinski definition) is 1. The molecule has 0 aliphatic heterocycles. The molecule has 5 heteroatoms. The van der Waals surface area contributed by atoms with E-state index >= 15 is 0 Å². The predicted octanol–water partition coefficient (Wildman–Crippen LogP) is 2.88. The highest BCUT2D eigenvalue weighted by molar-refractivity contribution is 6.05. The second-order valence-electron chi connectivity index (χ2n) is 5.01. The topological polar surface area (TPSA) is 68.3 Å². The van der Waals surface area contributed by atoms with Gasteiger partial charge in [-0.2, -0.15) is 5.10 Å². The van der Waals surface area contributed by atoms with Crippen LogP contribution in [-0.4, -0.2) is 14.9 Å². The van der Waals surface area contributed by atoms with Crippen LogP contribution in [0.1, 0.15) is 24.6 Å². The van der Waals surface area contributed by atoms with E-state index in [9.17, 15) is 9.90 Å². The van der Waals surface area contributed by atoms with E-state index in [-0.39, 0.29) is 5.75 Å². The van der Waals surface area contributed by atoms with Gasteiger partial charge in [-0.05, 0) is 32.4 Å². The minimum absolute atomic E-state index is 0.124. The largest absolute Gasteiger partial charge is 0.508 e. The molecule has 0 atom stereocenters. The third-order valence-electron chi connectivity index (χ3n) is 3.60. The molecule has 3 rings (SSSR count). The highest BCUT2D eigenvalue weighted by Crippen LogP contribution is 2.31. The minimum Gasteiger partial charge on any atom is -0.508 e. The van der Waals surface area contributed by atoms with E-state index in [1.54, 1.807) is 23.7 Å². The highest BCUT2D eigenvalue weighted by atomic mass is 16.4. The van der Waals surface area contributed by atoms with E-state index in [0.717, 1.165) is 22.9 Å². The number of aromatic hydroxyl groups is 1. The predicted molar refractivity (Wildman–Crippen MR) is 77.2 cm³/mol. The Morgan fingerprint density at radius 3 is 2.80 bits per heavy atom. The van der Waals surface area contributed by atoms with Crippen molar-refractivity contribution in [2.75, 3.05) is 0 Å². The van der Waals surface area contributed by atoms with Gasteiger partial charge in [-0.15, -0.1) is 0 Å². The van der Waals surface area contributed by atoms with E-state index in [1.807, 2.05) is 13.8 Å². The van der Waals surface area contributed by atoms with Gasteiger partial charge in [0.15, 0.2) is 5.52 Å². The van der Waals surface area contributed by atoms with Crippen LogP contribution in [0.15, 0.2) is 21.3 Å². The number of benzene rings is 1. The van der Waals surface area contributed by atoms with E-state index in [2.05, 4.69) is 5.10 Å². The fourth-order valence-electron chi connectivity index (χ4n) is 2.64. The number of rotatable bonds is 2. The van der Waals surface area contributed by atoms with Crippen molar-refractivity contribution < 1.29 is 9.52 Å². The lowest BCUT2D eigenvalue weighted by atomic mass is 10.1.